The van der Waals surface area contributed by atoms with Gasteiger partial charge in [0.1, 0.15) is 6.07 Å². The minimum absolute atomic E-state index is 0.166. The zero-order valence-electron chi connectivity index (χ0n) is 8.79. The number of ether oxygens (including phenoxy) is 1. The standard InChI is InChI=1S/C11H11BrN2O2/c1-16-5-4-11(15)14-10-3-2-9(12)6-8(10)7-13/h2-3,6H,4-5H2,1H3,(H,14,15). The van der Waals surface area contributed by atoms with Gasteiger partial charge in [-0.15, -0.1) is 0 Å². The molecule has 1 aromatic carbocycles. The molecule has 0 saturated carbocycles. The molecule has 84 valence electrons. The van der Waals surface area contributed by atoms with E-state index in [4.69, 9.17) is 10.00 Å². The zero-order chi connectivity index (χ0) is 12.0. The summed E-state index contributed by atoms with van der Waals surface area (Å²) in [5.41, 5.74) is 0.951. The van der Waals surface area contributed by atoms with Gasteiger partial charge < -0.3 is 10.1 Å². The molecule has 0 radical (unpaired) electrons. The van der Waals surface area contributed by atoms with E-state index in [-0.39, 0.29) is 12.3 Å². The predicted molar refractivity (Wildman–Crippen MR) is 64.0 cm³/mol. The van der Waals surface area contributed by atoms with Crippen molar-refractivity contribution < 1.29 is 9.53 Å². The second-order valence-corrected chi connectivity index (χ2v) is 4.01. The van der Waals surface area contributed by atoms with Crippen LogP contribution in [0.1, 0.15) is 12.0 Å². The van der Waals surface area contributed by atoms with E-state index < -0.39 is 0 Å². The SMILES string of the molecule is COCCC(=O)Nc1ccc(Br)cc1C#N. The summed E-state index contributed by atoms with van der Waals surface area (Å²) < 4.78 is 5.60. The number of nitrogens with zero attached hydrogens (tertiary/aromatic N) is 1. The van der Waals surface area contributed by atoms with Crippen molar-refractivity contribution >= 4 is 27.5 Å². The molecule has 0 aliphatic carbocycles. The number of hydrogen-bond acceptors (Lipinski definition) is 3. The zero-order valence-corrected chi connectivity index (χ0v) is 10.4. The minimum Gasteiger partial charge on any atom is -0.384 e. The molecule has 0 saturated heterocycles. The van der Waals surface area contributed by atoms with E-state index in [0.717, 1.165) is 4.47 Å². The van der Waals surface area contributed by atoms with Crippen LogP contribution in [0.2, 0.25) is 0 Å². The number of carbonyl (C=O) groups is 1. The van der Waals surface area contributed by atoms with Crippen molar-refractivity contribution in [1.29, 1.82) is 5.26 Å². The van der Waals surface area contributed by atoms with Crippen LogP contribution < -0.4 is 5.32 Å². The maximum Gasteiger partial charge on any atom is 0.226 e. The average molecular weight is 283 g/mol. The Hall–Kier alpha value is -1.38. The van der Waals surface area contributed by atoms with Gasteiger partial charge in [0.15, 0.2) is 0 Å². The Labute approximate surface area is 102 Å². The second-order valence-electron chi connectivity index (χ2n) is 3.09. The van der Waals surface area contributed by atoms with Crippen LogP contribution in [0.25, 0.3) is 0 Å². The van der Waals surface area contributed by atoms with E-state index in [1.807, 2.05) is 6.07 Å². The maximum absolute atomic E-state index is 11.4. The van der Waals surface area contributed by atoms with Gasteiger partial charge in [0.05, 0.1) is 24.3 Å². The van der Waals surface area contributed by atoms with Crippen LogP contribution in [0.3, 0.4) is 0 Å². The van der Waals surface area contributed by atoms with Crippen molar-refractivity contribution in [2.24, 2.45) is 0 Å². The normalized spacial score (nSPS) is 9.56. The number of methoxy groups -OCH3 is 1. The summed E-state index contributed by atoms with van der Waals surface area (Å²) in [7, 11) is 1.54. The third kappa shape index (κ3) is 3.65. The van der Waals surface area contributed by atoms with Crippen LogP contribution >= 0.6 is 15.9 Å². The quantitative estimate of drug-likeness (QED) is 0.922. The highest BCUT2D eigenvalue weighted by Gasteiger charge is 2.06. The number of benzene rings is 1. The molecule has 0 aromatic heterocycles. The van der Waals surface area contributed by atoms with Crippen LogP contribution in [0.4, 0.5) is 5.69 Å². The van der Waals surface area contributed by atoms with E-state index >= 15 is 0 Å². The molecule has 0 unspecified atom stereocenters. The van der Waals surface area contributed by atoms with Gasteiger partial charge in [0, 0.05) is 11.6 Å². The van der Waals surface area contributed by atoms with Gasteiger partial charge in [-0.25, -0.2) is 0 Å². The fourth-order valence-corrected chi connectivity index (χ4v) is 1.49. The smallest absolute Gasteiger partial charge is 0.226 e. The first-order chi connectivity index (χ1) is 7.67. The van der Waals surface area contributed by atoms with Crippen molar-refractivity contribution in [3.05, 3.63) is 28.2 Å². The lowest BCUT2D eigenvalue weighted by Crippen LogP contribution is -2.14. The lowest BCUT2D eigenvalue weighted by molar-refractivity contribution is -0.117. The summed E-state index contributed by atoms with van der Waals surface area (Å²) in [4.78, 5) is 11.4. The summed E-state index contributed by atoms with van der Waals surface area (Å²) in [5, 5.41) is 11.5. The number of rotatable bonds is 4. The highest BCUT2D eigenvalue weighted by molar-refractivity contribution is 9.10. The molecule has 4 nitrogen and oxygen atoms in total. The summed E-state index contributed by atoms with van der Waals surface area (Å²) in [6.45, 7) is 0.365. The molecule has 0 heterocycles. The Balaban J connectivity index is 2.74. The van der Waals surface area contributed by atoms with Crippen LogP contribution in [-0.4, -0.2) is 19.6 Å². The summed E-state index contributed by atoms with van der Waals surface area (Å²) in [6, 6.07) is 7.14. The highest BCUT2D eigenvalue weighted by atomic mass is 79.9. The third-order valence-corrected chi connectivity index (χ3v) is 2.40. The number of amides is 1. The van der Waals surface area contributed by atoms with E-state index in [9.17, 15) is 4.79 Å². The number of nitriles is 1. The van der Waals surface area contributed by atoms with Crippen molar-refractivity contribution in [2.45, 2.75) is 6.42 Å². The monoisotopic (exact) mass is 282 g/mol. The van der Waals surface area contributed by atoms with Crippen LogP contribution in [0.15, 0.2) is 22.7 Å². The lowest BCUT2D eigenvalue weighted by atomic mass is 10.2. The summed E-state index contributed by atoms with van der Waals surface area (Å²) in [5.74, 6) is -0.166. The van der Waals surface area contributed by atoms with Crippen LogP contribution in [-0.2, 0) is 9.53 Å². The van der Waals surface area contributed by atoms with Crippen molar-refractivity contribution in [3.63, 3.8) is 0 Å². The number of nitrogens with one attached hydrogen (secondary N) is 1. The number of halogens is 1. The number of carbonyl (C=O) groups excluding carboxylic acids is 1. The third-order valence-electron chi connectivity index (χ3n) is 1.91. The van der Waals surface area contributed by atoms with Gasteiger partial charge >= 0.3 is 0 Å². The molecule has 16 heavy (non-hydrogen) atoms. The fraction of sp³-hybridized carbons (Fsp3) is 0.273. The maximum atomic E-state index is 11.4. The van der Waals surface area contributed by atoms with Crippen LogP contribution in [0.5, 0.6) is 0 Å². The van der Waals surface area contributed by atoms with Gasteiger partial charge in [-0.05, 0) is 18.2 Å². The van der Waals surface area contributed by atoms with E-state index in [2.05, 4.69) is 21.2 Å². The predicted octanol–water partition coefficient (Wildman–Crippen LogP) is 2.30. The lowest BCUT2D eigenvalue weighted by Gasteiger charge is -2.06. The molecule has 0 atom stereocenters. The molecule has 5 heteroatoms. The Morgan fingerprint density at radius 2 is 2.38 bits per heavy atom. The molecule has 1 N–H and O–H groups in total. The van der Waals surface area contributed by atoms with E-state index in [1.54, 1.807) is 18.2 Å². The summed E-state index contributed by atoms with van der Waals surface area (Å²) >= 11 is 3.26. The molecule has 0 bridgehead atoms. The van der Waals surface area contributed by atoms with Crippen molar-refractivity contribution in [2.75, 3.05) is 19.0 Å². The number of anilines is 1. The van der Waals surface area contributed by atoms with Gasteiger partial charge in [-0.2, -0.15) is 5.26 Å². The molecule has 0 aliphatic rings. The Morgan fingerprint density at radius 1 is 1.62 bits per heavy atom. The Bertz CT molecular complexity index is 426. The van der Waals surface area contributed by atoms with Gasteiger partial charge in [0.2, 0.25) is 5.91 Å². The van der Waals surface area contributed by atoms with Gasteiger partial charge in [-0.1, -0.05) is 15.9 Å². The molecule has 1 rings (SSSR count). The molecular formula is C11H11BrN2O2. The Kier molecular flexibility index (Phi) is 4.96. The number of hydrogen-bond donors (Lipinski definition) is 1. The summed E-state index contributed by atoms with van der Waals surface area (Å²) in [6.07, 6.45) is 0.275. The second kappa shape index (κ2) is 6.26. The molecule has 0 spiro atoms. The van der Waals surface area contributed by atoms with E-state index in [1.165, 1.54) is 7.11 Å². The molecule has 0 aliphatic heterocycles. The minimum atomic E-state index is -0.166. The average Bonchev–Trinajstić information content (AvgIpc) is 2.28. The van der Waals surface area contributed by atoms with Crippen LogP contribution in [0, 0.1) is 11.3 Å². The molecular weight excluding hydrogens is 272 g/mol. The fourth-order valence-electron chi connectivity index (χ4n) is 1.13. The highest BCUT2D eigenvalue weighted by Crippen LogP contribution is 2.20. The molecule has 0 fully saturated rings. The van der Waals surface area contributed by atoms with Crippen molar-refractivity contribution in [3.8, 4) is 6.07 Å². The largest absolute Gasteiger partial charge is 0.384 e. The first-order valence-corrected chi connectivity index (χ1v) is 5.45. The van der Waals surface area contributed by atoms with Gasteiger partial charge in [-0.3, -0.25) is 4.79 Å². The van der Waals surface area contributed by atoms with Gasteiger partial charge in [0.25, 0.3) is 0 Å². The van der Waals surface area contributed by atoms with Crippen molar-refractivity contribution in [1.82, 2.24) is 0 Å². The first kappa shape index (κ1) is 12.7. The first-order valence-electron chi connectivity index (χ1n) is 4.66. The molecule has 1 aromatic rings. The Morgan fingerprint density at radius 3 is 3.00 bits per heavy atom. The molecule has 1 amide bonds. The topological polar surface area (TPSA) is 62.1 Å². The van der Waals surface area contributed by atoms with E-state index in [0.29, 0.717) is 17.9 Å².